The van der Waals surface area contributed by atoms with E-state index < -0.39 is 38.7 Å². The van der Waals surface area contributed by atoms with Crippen LogP contribution in [0.4, 0.5) is 0 Å². The van der Waals surface area contributed by atoms with Gasteiger partial charge in [-0.15, -0.1) is 0 Å². The molecule has 2 aromatic carbocycles. The lowest BCUT2D eigenvalue weighted by atomic mass is 10.4. The minimum Gasteiger partial charge on any atom is -0.0746 e. The van der Waals surface area contributed by atoms with Gasteiger partial charge in [0.2, 0.25) is 0 Å². The fourth-order valence-corrected chi connectivity index (χ4v) is 119. The van der Waals surface area contributed by atoms with Crippen LogP contribution in [0, 0.1) is 0 Å². The molecule has 0 bridgehead atoms. The fourth-order valence-electron chi connectivity index (χ4n) is 5.94. The lowest BCUT2D eigenvalue weighted by Crippen LogP contribution is -2.89. The molecule has 0 saturated carbocycles. The van der Waals surface area contributed by atoms with E-state index in [-0.39, 0.29) is 0 Å². The molecule has 0 heterocycles. The summed E-state index contributed by atoms with van der Waals surface area (Å²) in [7, 11) is -3.68. The van der Waals surface area contributed by atoms with E-state index in [1.807, 2.05) is 0 Å². The maximum Gasteiger partial charge on any atom is 0.0998 e. The monoisotopic (exact) mass is 402 g/mol. The minimum atomic E-state index is -1.65. The van der Waals surface area contributed by atoms with Crippen LogP contribution in [0.1, 0.15) is 0 Å². The summed E-state index contributed by atoms with van der Waals surface area (Å²) in [6.45, 7) is 19.0. The van der Waals surface area contributed by atoms with Crippen LogP contribution in [-0.2, 0) is 0 Å². The summed E-state index contributed by atoms with van der Waals surface area (Å²) in [5, 5.41) is 3.46. The first kappa shape index (κ1) is 19.8. The smallest absolute Gasteiger partial charge is 0.0746 e. The molecule has 5 heteroatoms. The molecule has 130 valence electrons. The summed E-state index contributed by atoms with van der Waals surface area (Å²) in [4.78, 5) is 0. The summed E-state index contributed by atoms with van der Waals surface area (Å²) in [6.07, 6.45) is -1.21. The topological polar surface area (TPSA) is 0 Å². The van der Waals surface area contributed by atoms with Gasteiger partial charge >= 0.3 is 0 Å². The van der Waals surface area contributed by atoms with E-state index in [4.69, 9.17) is 0 Å². The predicted molar refractivity (Wildman–Crippen MR) is 126 cm³/mol. The molecule has 0 radical (unpaired) electrons. The van der Waals surface area contributed by atoms with E-state index in [1.165, 1.54) is 0 Å². The molecule has 0 saturated heterocycles. The van der Waals surface area contributed by atoms with Crippen molar-refractivity contribution in [2.75, 3.05) is 0 Å². The zero-order valence-electron chi connectivity index (χ0n) is 16.5. The zero-order chi connectivity index (χ0) is 18.0. The van der Waals surface area contributed by atoms with Gasteiger partial charge in [0.15, 0.2) is 0 Å². The molecule has 0 atom stereocenters. The highest BCUT2D eigenvalue weighted by molar-refractivity contribution is 8.01. The highest BCUT2D eigenvalue weighted by Crippen LogP contribution is 2.28. The molecule has 2 aromatic rings. The lowest BCUT2D eigenvalue weighted by Gasteiger charge is -2.54. The first-order valence-electron chi connectivity index (χ1n) is 9.40. The Morgan fingerprint density at radius 3 is 1.08 bits per heavy atom. The van der Waals surface area contributed by atoms with Gasteiger partial charge < -0.3 is 0 Å². The van der Waals surface area contributed by atoms with Crippen LogP contribution in [0.25, 0.3) is 0 Å². The van der Waals surface area contributed by atoms with E-state index in [2.05, 4.69) is 106 Å². The summed E-state index contributed by atoms with van der Waals surface area (Å²) in [5.41, 5.74) is 0. The van der Waals surface area contributed by atoms with Crippen LogP contribution in [0.15, 0.2) is 60.7 Å². The molecule has 0 unspecified atom stereocenters. The van der Waals surface area contributed by atoms with Gasteiger partial charge in [0.1, 0.15) is 0 Å². The Balaban J connectivity index is 2.88. The highest BCUT2D eigenvalue weighted by atomic mass is 30.2. The SMILES string of the molecule is C[SiH](C)[Si]([SiH](C)C)([SiH](C)C)[Si](C)(c1ccccc1)c1ccccc1. The Morgan fingerprint density at radius 1 is 0.542 bits per heavy atom. The van der Waals surface area contributed by atoms with Crippen molar-refractivity contribution in [2.45, 2.75) is 45.8 Å². The van der Waals surface area contributed by atoms with Crippen LogP contribution in [0.5, 0.6) is 0 Å². The average molecular weight is 403 g/mol. The van der Waals surface area contributed by atoms with Crippen molar-refractivity contribution in [2.24, 2.45) is 0 Å². The number of hydrogen-bond acceptors (Lipinski definition) is 0. The largest absolute Gasteiger partial charge is 0.0998 e. The van der Waals surface area contributed by atoms with E-state index in [0.717, 1.165) is 0 Å². The van der Waals surface area contributed by atoms with Gasteiger partial charge in [-0.1, -0.05) is 117 Å². The molecule has 0 aliphatic heterocycles. The Morgan fingerprint density at radius 2 is 0.833 bits per heavy atom. The summed E-state index contributed by atoms with van der Waals surface area (Å²) >= 11 is 0. The third-order valence-corrected chi connectivity index (χ3v) is 108. The Labute approximate surface area is 155 Å². The molecule has 0 N–H and O–H groups in total. The molecule has 0 aliphatic rings. The van der Waals surface area contributed by atoms with Crippen molar-refractivity contribution in [1.29, 1.82) is 0 Å². The third kappa shape index (κ3) is 3.05. The van der Waals surface area contributed by atoms with E-state index in [0.29, 0.717) is 0 Å². The first-order chi connectivity index (χ1) is 11.3. The predicted octanol–water partition coefficient (Wildman–Crippen LogP) is 3.10. The number of benzene rings is 2. The van der Waals surface area contributed by atoms with Gasteiger partial charge in [0.25, 0.3) is 0 Å². The third-order valence-electron chi connectivity index (χ3n) is 6.43. The minimum absolute atomic E-state index is 0.678. The van der Waals surface area contributed by atoms with Crippen molar-refractivity contribution < 1.29 is 0 Å². The zero-order valence-corrected chi connectivity index (χ0v) is 22.0. The van der Waals surface area contributed by atoms with E-state index >= 15 is 0 Å². The molecular formula is C19H34Si5. The second-order valence-corrected chi connectivity index (χ2v) is 56.2. The Hall–Kier alpha value is -0.476. The van der Waals surface area contributed by atoms with Gasteiger partial charge in [0.05, 0.1) is 7.59 Å². The molecule has 0 fully saturated rings. The van der Waals surface area contributed by atoms with E-state index in [1.54, 1.807) is 10.4 Å². The molecular weight excluding hydrogens is 369 g/mol. The van der Waals surface area contributed by atoms with Crippen molar-refractivity contribution in [3.63, 3.8) is 0 Å². The fraction of sp³-hybridized carbons (Fsp3) is 0.368. The lowest BCUT2D eigenvalue weighted by molar-refractivity contribution is 1.71. The molecule has 2 rings (SSSR count). The van der Waals surface area contributed by atoms with Gasteiger partial charge in [-0.2, -0.15) is 0 Å². The van der Waals surface area contributed by atoms with Crippen LogP contribution in [0.3, 0.4) is 0 Å². The molecule has 0 spiro atoms. The van der Waals surface area contributed by atoms with Gasteiger partial charge in [0, 0.05) is 31.1 Å². The van der Waals surface area contributed by atoms with Crippen LogP contribution >= 0.6 is 0 Å². The standard InChI is InChI=1S/C19H34Si5/c1-20(2)24(21(3)4,22(5)6)23(7,18-14-10-8-11-15-18)19-16-12-9-13-17-19/h8-17,20-22H,1-7H3. The number of rotatable bonds is 6. The summed E-state index contributed by atoms with van der Waals surface area (Å²) in [6, 6.07) is 23.4. The van der Waals surface area contributed by atoms with E-state index in [9.17, 15) is 0 Å². The second-order valence-electron chi connectivity index (χ2n) is 8.25. The highest BCUT2D eigenvalue weighted by Gasteiger charge is 2.59. The van der Waals surface area contributed by atoms with Crippen molar-refractivity contribution in [3.05, 3.63) is 60.7 Å². The maximum atomic E-state index is 2.77. The van der Waals surface area contributed by atoms with Gasteiger partial charge in [-0.05, 0) is 0 Å². The first-order valence-corrected chi connectivity index (χ1v) is 27.3. The Bertz CT molecular complexity index is 576. The second kappa shape index (κ2) is 7.82. The normalized spacial score (nSPS) is 13.1. The van der Waals surface area contributed by atoms with Crippen LogP contribution < -0.4 is 10.4 Å². The molecule has 0 nitrogen and oxygen atoms in total. The Kier molecular flexibility index (Phi) is 6.47. The van der Waals surface area contributed by atoms with Crippen molar-refractivity contribution >= 4 is 49.1 Å². The van der Waals surface area contributed by atoms with Crippen molar-refractivity contribution in [1.82, 2.24) is 0 Å². The summed E-state index contributed by atoms with van der Waals surface area (Å²) < 4.78 is 0. The molecule has 0 aromatic heterocycles. The van der Waals surface area contributed by atoms with Crippen molar-refractivity contribution in [3.8, 4) is 0 Å². The van der Waals surface area contributed by atoms with Crippen LogP contribution in [0.2, 0.25) is 45.8 Å². The average Bonchev–Trinajstić information content (AvgIpc) is 2.55. The maximum absolute atomic E-state index is 2.77. The van der Waals surface area contributed by atoms with Crippen LogP contribution in [-0.4, -0.2) is 38.7 Å². The molecule has 0 aliphatic carbocycles. The number of hydrogen-bond donors (Lipinski definition) is 0. The van der Waals surface area contributed by atoms with Gasteiger partial charge in [-0.3, -0.25) is 0 Å². The summed E-state index contributed by atoms with van der Waals surface area (Å²) in [5.74, 6) is 0. The quantitative estimate of drug-likeness (QED) is 0.651. The van der Waals surface area contributed by atoms with Gasteiger partial charge in [-0.25, -0.2) is 0 Å². The molecule has 0 amide bonds. The molecule has 24 heavy (non-hydrogen) atoms.